The van der Waals surface area contributed by atoms with Crippen LogP contribution in [0.2, 0.25) is 0 Å². The maximum absolute atomic E-state index is 11.0. The van der Waals surface area contributed by atoms with Gasteiger partial charge in [0.1, 0.15) is 0 Å². The van der Waals surface area contributed by atoms with Gasteiger partial charge in [0.15, 0.2) is 0 Å². The topological polar surface area (TPSA) is 117 Å². The molecule has 0 unspecified atom stereocenters. The van der Waals surface area contributed by atoms with Gasteiger partial charge in [-0.1, -0.05) is 0 Å². The summed E-state index contributed by atoms with van der Waals surface area (Å²) < 4.78 is 1.04. The number of hydrogen-bond acceptors (Lipinski definition) is 6. The van der Waals surface area contributed by atoms with Crippen LogP contribution in [0, 0.1) is 27.2 Å². The first kappa shape index (κ1) is 11.6. The second-order valence-corrected chi connectivity index (χ2v) is 3.80. The minimum atomic E-state index is -0.689. The Labute approximate surface area is 106 Å². The van der Waals surface area contributed by atoms with Gasteiger partial charge in [-0.15, -0.1) is 0 Å². The molecule has 0 aliphatic rings. The predicted molar refractivity (Wildman–Crippen MR) is 51.0 cm³/mol. The Balaban J connectivity index is 2.98. The molecule has 1 aromatic heterocycles. The minimum absolute atomic E-state index is 0.0323. The SMILES string of the molecule is Cc1c([N+](=O)[O-])cc2nn[n]([Ag])c2c1[N+](=O)[O-]. The predicted octanol–water partition coefficient (Wildman–Crippen LogP) is 0.866. The molecule has 0 aliphatic heterocycles. The van der Waals surface area contributed by atoms with Gasteiger partial charge in [0.05, 0.1) is 0 Å². The standard InChI is InChI=1S/C7H4N5O4.Ag/c1-3-5(11(13)14)2-4-6(9-10-8-4)7(3)12(15)16;/h2H,1H3;/q-1;+1. The normalized spacial score (nSPS) is 10.8. The molecule has 17 heavy (non-hydrogen) atoms. The van der Waals surface area contributed by atoms with Crippen LogP contribution in [0.5, 0.6) is 0 Å². The summed E-state index contributed by atoms with van der Waals surface area (Å²) in [5, 5.41) is 28.9. The van der Waals surface area contributed by atoms with E-state index in [4.69, 9.17) is 0 Å². The fourth-order valence-corrected chi connectivity index (χ4v) is 1.90. The number of nitrogens with zero attached hydrogens (tertiary/aromatic N) is 5. The Hall–Kier alpha value is -1.84. The molecule has 0 fully saturated rings. The van der Waals surface area contributed by atoms with Crippen molar-refractivity contribution in [1.29, 1.82) is 0 Å². The number of aromatic nitrogens is 3. The summed E-state index contributed by atoms with van der Waals surface area (Å²) in [5.74, 6) is 0. The zero-order valence-corrected chi connectivity index (χ0v) is 9.73. The molecule has 10 heteroatoms. The maximum atomic E-state index is 11.0. The van der Waals surface area contributed by atoms with Crippen molar-refractivity contribution in [2.45, 2.75) is 6.92 Å². The Kier molecular flexibility index (Phi) is 2.65. The quantitative estimate of drug-likeness (QED) is 0.458. The summed E-state index contributed by atoms with van der Waals surface area (Å²) in [5.41, 5.74) is -0.579. The van der Waals surface area contributed by atoms with Crippen molar-refractivity contribution in [1.82, 2.24) is 13.4 Å². The number of rotatable bonds is 2. The van der Waals surface area contributed by atoms with Gasteiger partial charge in [-0.25, -0.2) is 0 Å². The summed E-state index contributed by atoms with van der Waals surface area (Å²) >= 11 is 2.97. The van der Waals surface area contributed by atoms with Gasteiger partial charge in [0.2, 0.25) is 0 Å². The van der Waals surface area contributed by atoms with Crippen LogP contribution < -0.4 is 0 Å². The average molecular weight is 330 g/mol. The van der Waals surface area contributed by atoms with E-state index in [-0.39, 0.29) is 28.0 Å². The van der Waals surface area contributed by atoms with Crippen LogP contribution in [0.3, 0.4) is 0 Å². The molecule has 0 bridgehead atoms. The first-order valence-corrected chi connectivity index (χ1v) is 4.90. The van der Waals surface area contributed by atoms with Gasteiger partial charge >= 0.3 is 106 Å². The van der Waals surface area contributed by atoms with Gasteiger partial charge in [0.25, 0.3) is 0 Å². The van der Waals surface area contributed by atoms with Crippen molar-refractivity contribution < 1.29 is 31.2 Å². The number of nitro groups is 2. The van der Waals surface area contributed by atoms with Crippen LogP contribution in [0.15, 0.2) is 6.07 Å². The van der Waals surface area contributed by atoms with E-state index >= 15 is 0 Å². The van der Waals surface area contributed by atoms with E-state index < -0.39 is 9.85 Å². The van der Waals surface area contributed by atoms with E-state index in [1.165, 1.54) is 6.92 Å². The summed E-state index contributed by atoms with van der Waals surface area (Å²) in [4.78, 5) is 20.3. The molecule has 0 amide bonds. The van der Waals surface area contributed by atoms with E-state index in [0.29, 0.717) is 0 Å². The molecule has 0 radical (unpaired) electrons. The van der Waals surface area contributed by atoms with Crippen molar-refractivity contribution in [3.63, 3.8) is 0 Å². The first-order valence-electron chi connectivity index (χ1n) is 4.24. The van der Waals surface area contributed by atoms with Gasteiger partial charge in [-0.3, -0.25) is 0 Å². The van der Waals surface area contributed by atoms with E-state index in [0.717, 1.165) is 9.15 Å². The summed E-state index contributed by atoms with van der Waals surface area (Å²) in [6.45, 7) is 1.31. The molecule has 0 saturated carbocycles. The van der Waals surface area contributed by atoms with Crippen molar-refractivity contribution in [3.8, 4) is 0 Å². The Morgan fingerprint density at radius 2 is 2.00 bits per heavy atom. The van der Waals surface area contributed by atoms with E-state index in [2.05, 4.69) is 31.6 Å². The van der Waals surface area contributed by atoms with Crippen molar-refractivity contribution in [2.24, 2.45) is 0 Å². The second-order valence-electron chi connectivity index (χ2n) is 3.17. The van der Waals surface area contributed by atoms with E-state index in [1.807, 2.05) is 0 Å². The number of fused-ring (bicyclic) bond motifs is 1. The van der Waals surface area contributed by atoms with E-state index in [1.54, 1.807) is 0 Å². The molecule has 0 atom stereocenters. The van der Waals surface area contributed by atoms with Crippen LogP contribution in [-0.4, -0.2) is 23.2 Å². The third kappa shape index (κ3) is 1.69. The molecule has 0 spiro atoms. The second kappa shape index (κ2) is 3.87. The third-order valence-corrected chi connectivity index (χ3v) is 2.71. The van der Waals surface area contributed by atoms with Crippen molar-refractivity contribution >= 4 is 22.4 Å². The van der Waals surface area contributed by atoms with Crippen molar-refractivity contribution in [2.75, 3.05) is 0 Å². The molecule has 1 heterocycles. The number of hydrogen-bond donors (Lipinski definition) is 0. The van der Waals surface area contributed by atoms with Gasteiger partial charge < -0.3 is 0 Å². The van der Waals surface area contributed by atoms with Gasteiger partial charge in [-0.2, -0.15) is 0 Å². The summed E-state index contributed by atoms with van der Waals surface area (Å²) in [6.07, 6.45) is 0. The molecule has 9 nitrogen and oxygen atoms in total. The van der Waals surface area contributed by atoms with Crippen molar-refractivity contribution in [3.05, 3.63) is 31.9 Å². The summed E-state index contributed by atoms with van der Waals surface area (Å²) in [6, 6.07) is 1.15. The summed E-state index contributed by atoms with van der Waals surface area (Å²) in [7, 11) is 0. The average Bonchev–Trinajstić information content (AvgIpc) is 2.58. The Morgan fingerprint density at radius 3 is 2.53 bits per heavy atom. The Bertz CT molecular complexity index is 651. The number of nitro benzene ring substituents is 2. The molecule has 1 aromatic carbocycles. The van der Waals surface area contributed by atoms with Crippen LogP contribution in [0.1, 0.15) is 5.56 Å². The number of benzene rings is 1. The molecule has 92 valence electrons. The Morgan fingerprint density at radius 1 is 1.35 bits per heavy atom. The van der Waals surface area contributed by atoms with Crippen LogP contribution in [-0.2, 0) is 21.3 Å². The van der Waals surface area contributed by atoms with Gasteiger partial charge in [-0.05, 0) is 0 Å². The van der Waals surface area contributed by atoms with E-state index in [9.17, 15) is 20.2 Å². The third-order valence-electron chi connectivity index (χ3n) is 2.25. The zero-order valence-electron chi connectivity index (χ0n) is 8.25. The van der Waals surface area contributed by atoms with Gasteiger partial charge in [0, 0.05) is 0 Å². The fourth-order valence-electron chi connectivity index (χ4n) is 1.51. The molecular weight excluding hydrogens is 326 g/mol. The molecular formula is C7H4AgN5O4. The van der Waals surface area contributed by atoms with Crippen LogP contribution in [0.25, 0.3) is 11.0 Å². The molecule has 2 rings (SSSR count). The molecule has 0 saturated heterocycles. The van der Waals surface area contributed by atoms with Crippen LogP contribution in [0.4, 0.5) is 11.4 Å². The van der Waals surface area contributed by atoms with Crippen LogP contribution >= 0.6 is 0 Å². The monoisotopic (exact) mass is 329 g/mol. The molecule has 2 aromatic rings. The first-order chi connectivity index (χ1) is 7.93. The molecule has 0 aliphatic carbocycles. The molecule has 0 N–H and O–H groups in total. The zero-order chi connectivity index (χ0) is 12.7. The fraction of sp³-hybridized carbons (Fsp3) is 0.143.